The molecule has 0 radical (unpaired) electrons. The molecule has 0 atom stereocenters. The normalized spacial score (nSPS) is 17.2. The van der Waals surface area contributed by atoms with Crippen LogP contribution >= 0.6 is 11.3 Å². The number of likely N-dealkylation sites (N-methyl/N-ethyl adjacent to an activating group) is 1. The largest absolute Gasteiger partial charge is 0.396 e. The highest BCUT2D eigenvalue weighted by Crippen LogP contribution is 2.33. The first kappa shape index (κ1) is 14.2. The number of carbonyl (C=O) groups is 1. The highest BCUT2D eigenvalue weighted by atomic mass is 32.1. The Morgan fingerprint density at radius 1 is 1.43 bits per heavy atom. The van der Waals surface area contributed by atoms with Gasteiger partial charge >= 0.3 is 0 Å². The molecule has 1 fully saturated rings. The highest BCUT2D eigenvalue weighted by molar-refractivity contribution is 7.21. The minimum Gasteiger partial charge on any atom is -0.396 e. The molecule has 1 saturated carbocycles. The molecule has 1 amide bonds. The predicted molar refractivity (Wildman–Crippen MR) is 82.2 cm³/mol. The molecule has 3 N–H and O–H groups in total. The lowest BCUT2D eigenvalue weighted by Crippen LogP contribution is -2.41. The van der Waals surface area contributed by atoms with E-state index in [-0.39, 0.29) is 5.91 Å². The van der Waals surface area contributed by atoms with Crippen molar-refractivity contribution in [2.45, 2.75) is 31.3 Å². The van der Waals surface area contributed by atoms with Crippen LogP contribution in [0.3, 0.4) is 0 Å². The Balaban J connectivity index is 1.84. The lowest BCUT2D eigenvalue weighted by molar-refractivity contribution is 0.0159. The van der Waals surface area contributed by atoms with Crippen molar-refractivity contribution in [2.75, 3.05) is 19.3 Å². The average molecular weight is 306 g/mol. The number of hydrogen-bond acceptors (Lipinski definition) is 6. The second-order valence-electron chi connectivity index (χ2n) is 5.65. The van der Waals surface area contributed by atoms with Crippen molar-refractivity contribution in [3.63, 3.8) is 0 Å². The van der Waals surface area contributed by atoms with Crippen LogP contribution in [0.5, 0.6) is 0 Å². The van der Waals surface area contributed by atoms with E-state index >= 15 is 0 Å². The zero-order valence-corrected chi connectivity index (χ0v) is 12.7. The summed E-state index contributed by atoms with van der Waals surface area (Å²) < 4.78 is 0. The zero-order valence-electron chi connectivity index (χ0n) is 11.9. The number of rotatable bonds is 3. The summed E-state index contributed by atoms with van der Waals surface area (Å²) in [6.07, 6.45) is 6.65. The second-order valence-corrected chi connectivity index (χ2v) is 6.65. The quantitative estimate of drug-likeness (QED) is 0.899. The van der Waals surface area contributed by atoms with Gasteiger partial charge in [0.05, 0.1) is 11.3 Å². The van der Waals surface area contributed by atoms with E-state index in [1.807, 2.05) is 0 Å². The van der Waals surface area contributed by atoms with Gasteiger partial charge in [-0.1, -0.05) is 12.8 Å². The SMILES string of the molecule is CN(CC1(O)CCCC1)C(=O)c1sc2nccnc2c1N. The van der Waals surface area contributed by atoms with Gasteiger partial charge in [0.2, 0.25) is 0 Å². The number of hydrogen-bond donors (Lipinski definition) is 2. The second kappa shape index (κ2) is 5.23. The van der Waals surface area contributed by atoms with Gasteiger partial charge in [-0.3, -0.25) is 4.79 Å². The van der Waals surface area contributed by atoms with E-state index in [1.165, 1.54) is 11.3 Å². The third-order valence-electron chi connectivity index (χ3n) is 3.97. The Morgan fingerprint density at radius 2 is 2.10 bits per heavy atom. The van der Waals surface area contributed by atoms with Crippen LogP contribution in [0.15, 0.2) is 12.4 Å². The van der Waals surface area contributed by atoms with E-state index in [0.717, 1.165) is 25.7 Å². The van der Waals surface area contributed by atoms with Crippen molar-refractivity contribution >= 4 is 33.3 Å². The van der Waals surface area contributed by atoms with Gasteiger partial charge < -0.3 is 15.7 Å². The minimum absolute atomic E-state index is 0.183. The average Bonchev–Trinajstić information content (AvgIpc) is 3.03. The van der Waals surface area contributed by atoms with Crippen LogP contribution in [0.1, 0.15) is 35.4 Å². The fourth-order valence-electron chi connectivity index (χ4n) is 2.88. The van der Waals surface area contributed by atoms with Gasteiger partial charge in [-0.2, -0.15) is 0 Å². The molecule has 3 rings (SSSR count). The fourth-order valence-corrected chi connectivity index (χ4v) is 3.90. The maximum Gasteiger partial charge on any atom is 0.266 e. The van der Waals surface area contributed by atoms with Crippen molar-refractivity contribution < 1.29 is 9.90 Å². The molecule has 112 valence electrons. The summed E-state index contributed by atoms with van der Waals surface area (Å²) in [6, 6.07) is 0. The predicted octanol–water partition coefficient (Wildman–Crippen LogP) is 1.65. The summed E-state index contributed by atoms with van der Waals surface area (Å²) in [5.41, 5.74) is 6.20. The van der Waals surface area contributed by atoms with Gasteiger partial charge in [0.25, 0.3) is 5.91 Å². The van der Waals surface area contributed by atoms with Crippen molar-refractivity contribution in [1.82, 2.24) is 14.9 Å². The molecule has 21 heavy (non-hydrogen) atoms. The van der Waals surface area contributed by atoms with Gasteiger partial charge in [-0.15, -0.1) is 11.3 Å². The summed E-state index contributed by atoms with van der Waals surface area (Å²) >= 11 is 1.25. The summed E-state index contributed by atoms with van der Waals surface area (Å²) in [7, 11) is 1.70. The molecule has 2 aromatic rings. The van der Waals surface area contributed by atoms with E-state index in [1.54, 1.807) is 24.3 Å². The van der Waals surface area contributed by atoms with Gasteiger partial charge in [-0.25, -0.2) is 9.97 Å². The molecular formula is C14H18N4O2S. The van der Waals surface area contributed by atoms with Crippen molar-refractivity contribution in [3.05, 3.63) is 17.3 Å². The van der Waals surface area contributed by atoms with Crippen LogP contribution in [0.4, 0.5) is 5.69 Å². The summed E-state index contributed by atoms with van der Waals surface area (Å²) in [5, 5.41) is 10.4. The molecule has 7 heteroatoms. The number of aliphatic hydroxyl groups is 1. The molecule has 2 aromatic heterocycles. The number of thiophene rings is 1. The number of nitrogens with two attached hydrogens (primary N) is 1. The van der Waals surface area contributed by atoms with Crippen molar-refractivity contribution in [2.24, 2.45) is 0 Å². The molecule has 0 spiro atoms. The van der Waals surface area contributed by atoms with E-state index in [0.29, 0.717) is 27.5 Å². The molecule has 0 unspecified atom stereocenters. The topological polar surface area (TPSA) is 92.3 Å². The lowest BCUT2D eigenvalue weighted by atomic mass is 10.0. The van der Waals surface area contributed by atoms with Gasteiger partial charge in [0.1, 0.15) is 15.2 Å². The third-order valence-corrected chi connectivity index (χ3v) is 5.06. The maximum atomic E-state index is 12.6. The molecule has 0 aliphatic heterocycles. The first-order valence-electron chi connectivity index (χ1n) is 6.97. The van der Waals surface area contributed by atoms with Crippen LogP contribution in [0.25, 0.3) is 10.3 Å². The van der Waals surface area contributed by atoms with Crippen molar-refractivity contribution in [3.8, 4) is 0 Å². The van der Waals surface area contributed by atoms with Crippen LogP contribution in [0, 0.1) is 0 Å². The van der Waals surface area contributed by atoms with Gasteiger partial charge in [-0.05, 0) is 12.8 Å². The van der Waals surface area contributed by atoms with Crippen LogP contribution < -0.4 is 5.73 Å². The standard InChI is InChI=1S/C14H18N4O2S/c1-18(8-14(20)4-2-3-5-14)13(19)11-9(15)10-12(21-11)17-7-6-16-10/h6-7,20H,2-5,8,15H2,1H3. The molecule has 0 aromatic carbocycles. The Kier molecular flexibility index (Phi) is 3.54. The van der Waals surface area contributed by atoms with Gasteiger partial charge in [0, 0.05) is 26.0 Å². The van der Waals surface area contributed by atoms with Gasteiger partial charge in [0.15, 0.2) is 0 Å². The number of nitrogens with zero attached hydrogens (tertiary/aromatic N) is 3. The van der Waals surface area contributed by atoms with E-state index in [9.17, 15) is 9.90 Å². The Bertz CT molecular complexity index is 679. The molecule has 1 aliphatic rings. The number of amides is 1. The highest BCUT2D eigenvalue weighted by Gasteiger charge is 2.34. The first-order valence-corrected chi connectivity index (χ1v) is 7.79. The summed E-state index contributed by atoms with van der Waals surface area (Å²) in [4.78, 5) is 23.5. The fraction of sp³-hybridized carbons (Fsp3) is 0.500. The smallest absolute Gasteiger partial charge is 0.266 e. The first-order chi connectivity index (χ1) is 10.0. The lowest BCUT2D eigenvalue weighted by Gasteiger charge is -2.28. The number of nitrogen functional groups attached to an aromatic ring is 1. The number of carbonyl (C=O) groups excluding carboxylic acids is 1. The molecule has 2 heterocycles. The number of fused-ring (bicyclic) bond motifs is 1. The molecular weight excluding hydrogens is 288 g/mol. The van der Waals surface area contributed by atoms with E-state index in [2.05, 4.69) is 9.97 Å². The molecule has 0 saturated heterocycles. The van der Waals surface area contributed by atoms with E-state index in [4.69, 9.17) is 5.73 Å². The maximum absolute atomic E-state index is 12.6. The molecule has 0 bridgehead atoms. The third kappa shape index (κ3) is 2.58. The Labute approximate surface area is 126 Å². The summed E-state index contributed by atoms with van der Waals surface area (Å²) in [6.45, 7) is 0.334. The Hall–Kier alpha value is -1.73. The number of anilines is 1. The number of aromatic nitrogens is 2. The minimum atomic E-state index is -0.758. The molecule has 6 nitrogen and oxygen atoms in total. The van der Waals surface area contributed by atoms with Crippen LogP contribution in [-0.4, -0.2) is 45.1 Å². The Morgan fingerprint density at radius 3 is 2.76 bits per heavy atom. The van der Waals surface area contributed by atoms with Crippen LogP contribution in [-0.2, 0) is 0 Å². The zero-order chi connectivity index (χ0) is 15.0. The van der Waals surface area contributed by atoms with E-state index < -0.39 is 5.60 Å². The summed E-state index contributed by atoms with van der Waals surface area (Å²) in [5.74, 6) is -0.183. The monoisotopic (exact) mass is 306 g/mol. The molecule has 1 aliphatic carbocycles. The van der Waals surface area contributed by atoms with Crippen LogP contribution in [0.2, 0.25) is 0 Å². The van der Waals surface area contributed by atoms with Crippen molar-refractivity contribution in [1.29, 1.82) is 0 Å².